The van der Waals surface area contributed by atoms with Crippen molar-refractivity contribution in [1.29, 1.82) is 0 Å². The van der Waals surface area contributed by atoms with Crippen molar-refractivity contribution in [2.24, 2.45) is 0 Å². The fourth-order valence-corrected chi connectivity index (χ4v) is 3.54. The number of anilines is 1. The number of fused-ring (bicyclic) bond motifs is 1. The van der Waals surface area contributed by atoms with E-state index < -0.39 is 0 Å². The molecule has 1 unspecified atom stereocenters. The molecule has 0 saturated heterocycles. The van der Waals surface area contributed by atoms with Crippen LogP contribution in [-0.2, 0) is 13.0 Å². The second-order valence-electron chi connectivity index (χ2n) is 6.46. The number of aromatic nitrogens is 2. The summed E-state index contributed by atoms with van der Waals surface area (Å²) in [7, 11) is 0. The highest BCUT2D eigenvalue weighted by atomic mass is 35.5. The molecule has 0 fully saturated rings. The molecule has 0 bridgehead atoms. The molecule has 6 heteroatoms. The van der Waals surface area contributed by atoms with Gasteiger partial charge in [-0.2, -0.15) is 0 Å². The van der Waals surface area contributed by atoms with Gasteiger partial charge >= 0.3 is 6.03 Å². The Morgan fingerprint density at radius 1 is 1.23 bits per heavy atom. The number of rotatable bonds is 4. The molecule has 0 radical (unpaired) electrons. The van der Waals surface area contributed by atoms with Gasteiger partial charge in [-0.3, -0.25) is 0 Å². The summed E-state index contributed by atoms with van der Waals surface area (Å²) in [6, 6.07) is 13.5. The Bertz CT molecular complexity index is 906. The highest BCUT2D eigenvalue weighted by molar-refractivity contribution is 6.30. The fraction of sp³-hybridized carbons (Fsp3) is 0.200. The van der Waals surface area contributed by atoms with Crippen LogP contribution in [0.2, 0.25) is 5.02 Å². The first-order chi connectivity index (χ1) is 12.7. The third kappa shape index (κ3) is 3.73. The van der Waals surface area contributed by atoms with Gasteiger partial charge in [-0.25, -0.2) is 9.78 Å². The van der Waals surface area contributed by atoms with Crippen LogP contribution in [0.1, 0.15) is 29.2 Å². The summed E-state index contributed by atoms with van der Waals surface area (Å²) in [5.41, 5.74) is 4.29. The summed E-state index contributed by atoms with van der Waals surface area (Å²) >= 11 is 6.04. The molecule has 26 heavy (non-hydrogen) atoms. The number of urea groups is 1. The molecule has 5 nitrogen and oxygen atoms in total. The molecule has 3 aromatic rings. The van der Waals surface area contributed by atoms with E-state index in [1.807, 2.05) is 53.2 Å². The summed E-state index contributed by atoms with van der Waals surface area (Å²) in [6.07, 6.45) is 7.30. The number of imidazole rings is 1. The third-order valence-corrected chi connectivity index (χ3v) is 4.86. The predicted octanol–water partition coefficient (Wildman–Crippen LogP) is 4.39. The summed E-state index contributed by atoms with van der Waals surface area (Å²) in [5.74, 6) is 0. The average molecular weight is 367 g/mol. The number of hydrogen-bond acceptors (Lipinski definition) is 2. The maximum atomic E-state index is 12.3. The van der Waals surface area contributed by atoms with Gasteiger partial charge in [0.2, 0.25) is 0 Å². The number of amides is 2. The topological polar surface area (TPSA) is 59.0 Å². The van der Waals surface area contributed by atoms with Crippen molar-refractivity contribution in [2.45, 2.75) is 25.4 Å². The number of carbonyl (C=O) groups excluding carboxylic acids is 1. The zero-order chi connectivity index (χ0) is 17.9. The van der Waals surface area contributed by atoms with Gasteiger partial charge in [0.1, 0.15) is 0 Å². The number of carbonyl (C=O) groups is 1. The summed E-state index contributed by atoms with van der Waals surface area (Å²) in [5, 5.41) is 6.69. The van der Waals surface area contributed by atoms with Crippen LogP contribution in [0.25, 0.3) is 0 Å². The van der Waals surface area contributed by atoms with Crippen LogP contribution in [-0.4, -0.2) is 15.6 Å². The molecule has 2 N–H and O–H groups in total. The van der Waals surface area contributed by atoms with Crippen LogP contribution >= 0.6 is 11.6 Å². The number of aryl methyl sites for hydroxylation is 1. The Morgan fingerprint density at radius 3 is 2.85 bits per heavy atom. The SMILES string of the molecule is O=C(Nc1ccc(Cn2ccnc2)cc1)NC1CCc2cc(Cl)ccc21. The Hall–Kier alpha value is -2.79. The summed E-state index contributed by atoms with van der Waals surface area (Å²) in [4.78, 5) is 16.4. The normalized spacial score (nSPS) is 15.5. The fourth-order valence-electron chi connectivity index (χ4n) is 3.35. The zero-order valence-electron chi connectivity index (χ0n) is 14.2. The van der Waals surface area contributed by atoms with Crippen LogP contribution in [0, 0.1) is 0 Å². The lowest BCUT2D eigenvalue weighted by Gasteiger charge is -2.15. The van der Waals surface area contributed by atoms with Crippen molar-refractivity contribution >= 4 is 23.3 Å². The van der Waals surface area contributed by atoms with E-state index in [-0.39, 0.29) is 12.1 Å². The average Bonchev–Trinajstić information content (AvgIpc) is 3.27. The van der Waals surface area contributed by atoms with Gasteiger partial charge < -0.3 is 15.2 Å². The third-order valence-electron chi connectivity index (χ3n) is 4.62. The summed E-state index contributed by atoms with van der Waals surface area (Å²) < 4.78 is 2.00. The van der Waals surface area contributed by atoms with Crippen LogP contribution in [0.4, 0.5) is 10.5 Å². The number of benzene rings is 2. The van der Waals surface area contributed by atoms with E-state index in [4.69, 9.17) is 11.6 Å². The monoisotopic (exact) mass is 366 g/mol. The lowest BCUT2D eigenvalue weighted by Crippen LogP contribution is -2.31. The van der Waals surface area contributed by atoms with E-state index in [9.17, 15) is 4.79 Å². The minimum absolute atomic E-state index is 0.0304. The number of nitrogens with zero attached hydrogens (tertiary/aromatic N) is 2. The number of hydrogen-bond donors (Lipinski definition) is 2. The van der Waals surface area contributed by atoms with E-state index >= 15 is 0 Å². The van der Waals surface area contributed by atoms with Gasteiger partial charge in [-0.1, -0.05) is 29.8 Å². The molecule has 1 heterocycles. The molecule has 0 spiro atoms. The molecule has 132 valence electrons. The molecular weight excluding hydrogens is 348 g/mol. The Balaban J connectivity index is 1.35. The maximum Gasteiger partial charge on any atom is 0.319 e. The van der Waals surface area contributed by atoms with Crippen molar-refractivity contribution < 1.29 is 4.79 Å². The standard InChI is InChI=1S/C20H19ClN4O/c21-16-4-7-18-15(11-16)3-8-19(18)24-20(26)23-17-5-1-14(2-6-17)12-25-10-9-22-13-25/h1-2,4-7,9-11,13,19H,3,8,12H2,(H2,23,24,26). The second kappa shape index (κ2) is 7.22. The van der Waals surface area contributed by atoms with E-state index in [2.05, 4.69) is 15.6 Å². The molecule has 1 aromatic heterocycles. The molecule has 2 amide bonds. The van der Waals surface area contributed by atoms with E-state index in [1.165, 1.54) is 5.56 Å². The largest absolute Gasteiger partial charge is 0.333 e. The van der Waals surface area contributed by atoms with Crippen molar-refractivity contribution in [3.63, 3.8) is 0 Å². The van der Waals surface area contributed by atoms with Crippen molar-refractivity contribution in [2.75, 3.05) is 5.32 Å². The molecule has 4 rings (SSSR count). The molecule has 0 aliphatic heterocycles. The van der Waals surface area contributed by atoms with E-state index in [1.54, 1.807) is 12.5 Å². The molecular formula is C20H19ClN4O. The lowest BCUT2D eigenvalue weighted by molar-refractivity contribution is 0.248. The van der Waals surface area contributed by atoms with Gasteiger partial charge in [-0.05, 0) is 53.8 Å². The second-order valence-corrected chi connectivity index (χ2v) is 6.90. The van der Waals surface area contributed by atoms with Crippen molar-refractivity contribution in [3.8, 4) is 0 Å². The van der Waals surface area contributed by atoms with Crippen LogP contribution in [0.5, 0.6) is 0 Å². The minimum atomic E-state index is -0.194. The predicted molar refractivity (Wildman–Crippen MR) is 102 cm³/mol. The summed E-state index contributed by atoms with van der Waals surface area (Å²) in [6.45, 7) is 0.758. The minimum Gasteiger partial charge on any atom is -0.333 e. The Labute approximate surface area is 157 Å². The van der Waals surface area contributed by atoms with Crippen LogP contribution < -0.4 is 10.6 Å². The molecule has 0 saturated carbocycles. The Morgan fingerprint density at radius 2 is 2.08 bits per heavy atom. The van der Waals surface area contributed by atoms with E-state index in [0.717, 1.165) is 41.2 Å². The smallest absolute Gasteiger partial charge is 0.319 e. The highest BCUT2D eigenvalue weighted by Gasteiger charge is 2.24. The first-order valence-corrected chi connectivity index (χ1v) is 8.96. The van der Waals surface area contributed by atoms with Gasteiger partial charge in [0, 0.05) is 29.6 Å². The first kappa shape index (κ1) is 16.7. The van der Waals surface area contributed by atoms with Gasteiger partial charge in [0.25, 0.3) is 0 Å². The van der Waals surface area contributed by atoms with Gasteiger partial charge in [-0.15, -0.1) is 0 Å². The quantitative estimate of drug-likeness (QED) is 0.719. The van der Waals surface area contributed by atoms with Gasteiger partial charge in [0.05, 0.1) is 12.4 Å². The molecule has 1 aliphatic carbocycles. The highest BCUT2D eigenvalue weighted by Crippen LogP contribution is 2.32. The zero-order valence-corrected chi connectivity index (χ0v) is 14.9. The van der Waals surface area contributed by atoms with E-state index in [0.29, 0.717) is 0 Å². The maximum absolute atomic E-state index is 12.3. The molecule has 2 aromatic carbocycles. The molecule has 1 atom stereocenters. The van der Waals surface area contributed by atoms with Gasteiger partial charge in [0.15, 0.2) is 0 Å². The number of halogens is 1. The lowest BCUT2D eigenvalue weighted by atomic mass is 10.1. The molecule has 1 aliphatic rings. The van der Waals surface area contributed by atoms with Crippen LogP contribution in [0.15, 0.2) is 61.2 Å². The van der Waals surface area contributed by atoms with Crippen molar-refractivity contribution in [1.82, 2.24) is 14.9 Å². The Kier molecular flexibility index (Phi) is 4.63. The van der Waals surface area contributed by atoms with Crippen LogP contribution in [0.3, 0.4) is 0 Å². The first-order valence-electron chi connectivity index (χ1n) is 8.58. The van der Waals surface area contributed by atoms with Crippen molar-refractivity contribution in [3.05, 3.63) is 82.9 Å². The number of nitrogens with one attached hydrogen (secondary N) is 2.